The Morgan fingerprint density at radius 2 is 1.96 bits per heavy atom. The summed E-state index contributed by atoms with van der Waals surface area (Å²) in [6, 6.07) is 12.3. The monoisotopic (exact) mass is 350 g/mol. The summed E-state index contributed by atoms with van der Waals surface area (Å²) >= 11 is 0. The lowest BCUT2D eigenvalue weighted by atomic mass is 9.83. The highest BCUT2D eigenvalue weighted by atomic mass is 16.4. The summed E-state index contributed by atoms with van der Waals surface area (Å²) in [5, 5.41) is 15.4. The Morgan fingerprint density at radius 3 is 2.62 bits per heavy atom. The Kier molecular flexibility index (Phi) is 4.70. The molecule has 0 bridgehead atoms. The molecule has 1 aliphatic heterocycles. The van der Waals surface area contributed by atoms with E-state index in [0.29, 0.717) is 17.1 Å². The average Bonchev–Trinajstić information content (AvgIpc) is 2.68. The van der Waals surface area contributed by atoms with Gasteiger partial charge in [-0.05, 0) is 48.2 Å². The van der Waals surface area contributed by atoms with Crippen LogP contribution in [-0.4, -0.2) is 22.0 Å². The number of nitrogens with zero attached hydrogens (tertiary/aromatic N) is 1. The van der Waals surface area contributed by atoms with Crippen LogP contribution in [0, 0.1) is 5.41 Å². The second kappa shape index (κ2) is 7.10. The van der Waals surface area contributed by atoms with Crippen molar-refractivity contribution in [2.45, 2.75) is 6.54 Å². The quantitative estimate of drug-likeness (QED) is 0.480. The van der Waals surface area contributed by atoms with Gasteiger partial charge in [-0.1, -0.05) is 18.2 Å². The topological polar surface area (TPSA) is 117 Å². The highest BCUT2D eigenvalue weighted by molar-refractivity contribution is 6.07. The number of aliphatic carboxylic acids is 1. The third kappa shape index (κ3) is 3.41. The minimum Gasteiger partial charge on any atom is -0.480 e. The summed E-state index contributed by atoms with van der Waals surface area (Å²) in [4.78, 5) is 28.8. The zero-order valence-corrected chi connectivity index (χ0v) is 13.8. The Bertz CT molecular complexity index is 875. The third-order valence-electron chi connectivity index (χ3n) is 4.06. The number of benzene rings is 1. The van der Waals surface area contributed by atoms with E-state index in [4.69, 9.17) is 5.73 Å². The van der Waals surface area contributed by atoms with Crippen molar-refractivity contribution in [1.29, 1.82) is 0 Å². The van der Waals surface area contributed by atoms with Gasteiger partial charge in [0.25, 0.3) is 0 Å². The molecule has 3 rings (SSSR count). The number of amides is 1. The van der Waals surface area contributed by atoms with E-state index in [2.05, 4.69) is 15.6 Å². The smallest absolute Gasteiger partial charge is 0.327 e. The van der Waals surface area contributed by atoms with E-state index in [1.165, 1.54) is 18.4 Å². The van der Waals surface area contributed by atoms with Gasteiger partial charge in [-0.25, -0.2) is 0 Å². The van der Waals surface area contributed by atoms with Crippen LogP contribution in [0.25, 0.3) is 5.70 Å². The Morgan fingerprint density at radius 1 is 1.19 bits per heavy atom. The number of aromatic nitrogens is 1. The molecule has 1 unspecified atom stereocenters. The van der Waals surface area contributed by atoms with E-state index in [9.17, 15) is 14.7 Å². The molecular formula is C19H18N4O3. The number of nitrogens with two attached hydrogens (primary N) is 1. The fourth-order valence-electron chi connectivity index (χ4n) is 2.59. The molecule has 1 aliphatic rings. The number of carboxylic acid groups (broad SMARTS) is 1. The Balaban J connectivity index is 1.84. The number of carboxylic acids is 1. The lowest BCUT2D eigenvalue weighted by molar-refractivity contribution is -0.149. The highest BCUT2D eigenvalue weighted by Gasteiger charge is 2.44. The molecule has 2 heterocycles. The molecule has 0 saturated heterocycles. The van der Waals surface area contributed by atoms with Crippen LogP contribution in [0.3, 0.4) is 0 Å². The second-order valence-electron chi connectivity index (χ2n) is 5.85. The van der Waals surface area contributed by atoms with Gasteiger partial charge in [0.05, 0.1) is 11.4 Å². The lowest BCUT2D eigenvalue weighted by Gasteiger charge is -2.26. The van der Waals surface area contributed by atoms with Gasteiger partial charge in [0.1, 0.15) is 0 Å². The predicted octanol–water partition coefficient (Wildman–Crippen LogP) is 1.51. The van der Waals surface area contributed by atoms with E-state index >= 15 is 0 Å². The number of nitrogen functional groups attached to an aromatic ring is 1. The normalized spacial score (nSPS) is 18.5. The zero-order valence-electron chi connectivity index (χ0n) is 13.8. The first-order valence-electron chi connectivity index (χ1n) is 7.96. The van der Waals surface area contributed by atoms with Gasteiger partial charge in [-0.2, -0.15) is 0 Å². The first-order chi connectivity index (χ1) is 12.5. The van der Waals surface area contributed by atoms with Crippen LogP contribution in [0.5, 0.6) is 0 Å². The molecule has 0 fully saturated rings. The molecule has 0 radical (unpaired) electrons. The number of hydrogen-bond donors (Lipinski definition) is 4. The van der Waals surface area contributed by atoms with E-state index in [1.54, 1.807) is 48.7 Å². The number of carbonyl (C=O) groups excluding carboxylic acids is 1. The molecule has 1 amide bonds. The molecule has 0 spiro atoms. The van der Waals surface area contributed by atoms with Gasteiger partial charge in [-0.15, -0.1) is 0 Å². The van der Waals surface area contributed by atoms with Gasteiger partial charge >= 0.3 is 5.97 Å². The van der Waals surface area contributed by atoms with Gasteiger partial charge in [0.15, 0.2) is 5.41 Å². The SMILES string of the molecule is Nc1ccc(CNC(=O)C2(C(=O)O)C=CNC(c3ccccn3)=C2)cc1. The van der Waals surface area contributed by atoms with Crippen LogP contribution in [0.1, 0.15) is 11.3 Å². The van der Waals surface area contributed by atoms with Crippen LogP contribution in [0.15, 0.2) is 67.0 Å². The van der Waals surface area contributed by atoms with E-state index < -0.39 is 17.3 Å². The van der Waals surface area contributed by atoms with Gasteiger partial charge in [-0.3, -0.25) is 14.6 Å². The van der Waals surface area contributed by atoms with Crippen molar-refractivity contribution in [3.8, 4) is 0 Å². The summed E-state index contributed by atoms with van der Waals surface area (Å²) in [7, 11) is 0. The molecule has 1 aromatic carbocycles. The van der Waals surface area contributed by atoms with Crippen molar-refractivity contribution in [2.24, 2.45) is 5.41 Å². The molecule has 1 aromatic heterocycles. The average molecular weight is 350 g/mol. The fraction of sp³-hybridized carbons (Fsp3) is 0.105. The van der Waals surface area contributed by atoms with Crippen LogP contribution < -0.4 is 16.4 Å². The van der Waals surface area contributed by atoms with Crippen molar-refractivity contribution < 1.29 is 14.7 Å². The standard InChI is InChI=1S/C19H18N4O3/c20-14-6-4-13(5-7-14)12-23-17(24)19(18(25)26)8-10-22-16(11-19)15-3-1-2-9-21-15/h1-11,22H,12,20H2,(H,23,24)(H,25,26). The molecule has 1 atom stereocenters. The van der Waals surface area contributed by atoms with Crippen molar-refractivity contribution in [3.63, 3.8) is 0 Å². The number of rotatable bonds is 5. The maximum Gasteiger partial charge on any atom is 0.327 e. The molecule has 0 aliphatic carbocycles. The number of pyridine rings is 1. The maximum absolute atomic E-state index is 12.7. The summed E-state index contributed by atoms with van der Waals surface area (Å²) in [5.74, 6) is -1.90. The van der Waals surface area contributed by atoms with Crippen LogP contribution in [0.2, 0.25) is 0 Å². The minimum atomic E-state index is -1.81. The molecular weight excluding hydrogens is 332 g/mol. The number of dihydropyridines is 1. The predicted molar refractivity (Wildman–Crippen MR) is 97.3 cm³/mol. The minimum absolute atomic E-state index is 0.197. The van der Waals surface area contributed by atoms with Crippen molar-refractivity contribution >= 4 is 23.3 Å². The highest BCUT2D eigenvalue weighted by Crippen LogP contribution is 2.29. The van der Waals surface area contributed by atoms with Crippen molar-refractivity contribution in [2.75, 3.05) is 5.73 Å². The van der Waals surface area contributed by atoms with Gasteiger partial charge < -0.3 is 21.5 Å². The molecule has 7 nitrogen and oxygen atoms in total. The summed E-state index contributed by atoms with van der Waals surface area (Å²) in [6.45, 7) is 0.197. The van der Waals surface area contributed by atoms with Crippen molar-refractivity contribution in [1.82, 2.24) is 15.6 Å². The fourth-order valence-corrected chi connectivity index (χ4v) is 2.59. The van der Waals surface area contributed by atoms with Crippen LogP contribution in [-0.2, 0) is 16.1 Å². The molecule has 132 valence electrons. The first kappa shape index (κ1) is 17.2. The van der Waals surface area contributed by atoms with E-state index in [1.807, 2.05) is 0 Å². The first-order valence-corrected chi connectivity index (χ1v) is 7.96. The lowest BCUT2D eigenvalue weighted by Crippen LogP contribution is -2.45. The number of nitrogens with one attached hydrogen (secondary N) is 2. The van der Waals surface area contributed by atoms with Crippen LogP contribution >= 0.6 is 0 Å². The summed E-state index contributed by atoms with van der Waals surface area (Å²) in [5.41, 5.74) is 6.27. The number of carbonyl (C=O) groups is 2. The third-order valence-corrected chi connectivity index (χ3v) is 4.06. The largest absolute Gasteiger partial charge is 0.480 e. The maximum atomic E-state index is 12.7. The molecule has 7 heteroatoms. The molecule has 0 saturated carbocycles. The van der Waals surface area contributed by atoms with Gasteiger partial charge in [0.2, 0.25) is 5.91 Å². The van der Waals surface area contributed by atoms with E-state index in [0.717, 1.165) is 5.56 Å². The van der Waals surface area contributed by atoms with E-state index in [-0.39, 0.29) is 6.54 Å². The summed E-state index contributed by atoms with van der Waals surface area (Å²) < 4.78 is 0. The second-order valence-corrected chi connectivity index (χ2v) is 5.85. The number of anilines is 1. The Labute approximate surface area is 150 Å². The van der Waals surface area contributed by atoms with Crippen molar-refractivity contribution in [3.05, 3.63) is 78.3 Å². The van der Waals surface area contributed by atoms with Crippen LogP contribution in [0.4, 0.5) is 5.69 Å². The Hall–Kier alpha value is -3.61. The molecule has 5 N–H and O–H groups in total. The number of hydrogen-bond acceptors (Lipinski definition) is 5. The molecule has 26 heavy (non-hydrogen) atoms. The summed E-state index contributed by atoms with van der Waals surface area (Å²) in [6.07, 6.45) is 5.73. The molecule has 2 aromatic rings. The van der Waals surface area contributed by atoms with Gasteiger partial charge in [0, 0.05) is 18.4 Å². The zero-order chi connectivity index (χ0) is 18.6.